The van der Waals surface area contributed by atoms with Crippen LogP contribution < -0.4 is 10.1 Å². The fraction of sp³-hybridized carbons (Fsp3) is 0.444. The highest BCUT2D eigenvalue weighted by Gasteiger charge is 2.15. The summed E-state index contributed by atoms with van der Waals surface area (Å²) in [4.78, 5) is 12.3. The molecule has 0 radical (unpaired) electrons. The monoisotopic (exact) mass is 315 g/mol. The van der Waals surface area contributed by atoms with Gasteiger partial charge >= 0.3 is 0 Å². The maximum Gasteiger partial charge on any atom is 0.228 e. The van der Waals surface area contributed by atoms with Crippen LogP contribution in [-0.4, -0.2) is 22.8 Å². The van der Waals surface area contributed by atoms with Gasteiger partial charge in [-0.3, -0.25) is 9.48 Å². The number of aromatic nitrogens is 2. The average molecular weight is 315 g/mol. The Kier molecular flexibility index (Phi) is 5.42. The largest absolute Gasteiger partial charge is 0.497 e. The number of carbonyl (C=O) groups is 1. The van der Waals surface area contributed by atoms with Crippen LogP contribution in [0.5, 0.6) is 5.75 Å². The van der Waals surface area contributed by atoms with Gasteiger partial charge in [0.25, 0.3) is 0 Å². The number of anilines is 1. The van der Waals surface area contributed by atoms with Crippen molar-refractivity contribution in [1.82, 2.24) is 9.78 Å². The second-order valence-electron chi connectivity index (χ2n) is 6.18. The highest BCUT2D eigenvalue weighted by Crippen LogP contribution is 2.19. The number of benzene rings is 1. The Morgan fingerprint density at radius 3 is 2.74 bits per heavy atom. The molecule has 1 aromatic carbocycles. The molecule has 2 rings (SSSR count). The minimum Gasteiger partial charge on any atom is -0.497 e. The Labute approximate surface area is 137 Å². The first-order valence-corrected chi connectivity index (χ1v) is 7.87. The van der Waals surface area contributed by atoms with Crippen LogP contribution in [-0.2, 0) is 17.8 Å². The molecule has 1 amide bonds. The standard InChI is InChI=1S/C18H25N3O2/c1-12(2)11-21-14(4)17(13(3)20-21)10-18(22)19-15-7-6-8-16(9-15)23-5/h6-9,12H,10-11H2,1-5H3,(H,19,22). The zero-order valence-electron chi connectivity index (χ0n) is 14.5. The van der Waals surface area contributed by atoms with Crippen molar-refractivity contribution in [2.75, 3.05) is 12.4 Å². The zero-order valence-corrected chi connectivity index (χ0v) is 14.5. The third kappa shape index (κ3) is 4.34. The number of rotatable bonds is 6. The van der Waals surface area contributed by atoms with E-state index in [1.165, 1.54) is 0 Å². The molecule has 0 spiro atoms. The Hall–Kier alpha value is -2.30. The number of methoxy groups -OCH3 is 1. The number of nitrogens with one attached hydrogen (secondary N) is 1. The van der Waals surface area contributed by atoms with Crippen LogP contribution >= 0.6 is 0 Å². The molecule has 2 aromatic rings. The number of hydrogen-bond donors (Lipinski definition) is 1. The molecular weight excluding hydrogens is 290 g/mol. The smallest absolute Gasteiger partial charge is 0.228 e. The van der Waals surface area contributed by atoms with Crippen molar-refractivity contribution in [3.63, 3.8) is 0 Å². The summed E-state index contributed by atoms with van der Waals surface area (Å²) in [5, 5.41) is 7.47. The number of ether oxygens (including phenoxy) is 1. The Morgan fingerprint density at radius 1 is 1.35 bits per heavy atom. The van der Waals surface area contributed by atoms with E-state index in [1.807, 2.05) is 36.7 Å². The van der Waals surface area contributed by atoms with E-state index in [4.69, 9.17) is 4.74 Å². The number of hydrogen-bond acceptors (Lipinski definition) is 3. The Bertz CT molecular complexity index is 690. The van der Waals surface area contributed by atoms with E-state index in [9.17, 15) is 4.79 Å². The molecule has 23 heavy (non-hydrogen) atoms. The van der Waals surface area contributed by atoms with Crippen LogP contribution in [0.2, 0.25) is 0 Å². The van der Waals surface area contributed by atoms with Crippen LogP contribution in [0.4, 0.5) is 5.69 Å². The summed E-state index contributed by atoms with van der Waals surface area (Å²) in [5.41, 5.74) is 3.73. The lowest BCUT2D eigenvalue weighted by Gasteiger charge is -2.09. The van der Waals surface area contributed by atoms with Crippen molar-refractivity contribution in [3.05, 3.63) is 41.2 Å². The molecule has 1 aromatic heterocycles. The van der Waals surface area contributed by atoms with Crippen LogP contribution in [0.25, 0.3) is 0 Å². The van der Waals surface area contributed by atoms with Crippen molar-refractivity contribution < 1.29 is 9.53 Å². The topological polar surface area (TPSA) is 56.1 Å². The molecule has 0 saturated heterocycles. The van der Waals surface area contributed by atoms with Crippen molar-refractivity contribution in [3.8, 4) is 5.75 Å². The summed E-state index contributed by atoms with van der Waals surface area (Å²) in [6.07, 6.45) is 0.326. The van der Waals surface area contributed by atoms with Crippen LogP contribution in [0.1, 0.15) is 30.8 Å². The van der Waals surface area contributed by atoms with Crippen LogP contribution in [0.3, 0.4) is 0 Å². The van der Waals surface area contributed by atoms with E-state index in [2.05, 4.69) is 24.3 Å². The molecule has 0 aliphatic rings. The van der Waals surface area contributed by atoms with E-state index >= 15 is 0 Å². The van der Waals surface area contributed by atoms with E-state index < -0.39 is 0 Å². The van der Waals surface area contributed by atoms with Crippen LogP contribution in [0, 0.1) is 19.8 Å². The molecule has 0 fully saturated rings. The van der Waals surface area contributed by atoms with Gasteiger partial charge < -0.3 is 10.1 Å². The highest BCUT2D eigenvalue weighted by atomic mass is 16.5. The van der Waals surface area contributed by atoms with Gasteiger partial charge in [-0.15, -0.1) is 0 Å². The second kappa shape index (κ2) is 7.31. The van der Waals surface area contributed by atoms with Gasteiger partial charge in [-0.05, 0) is 31.9 Å². The van der Waals surface area contributed by atoms with Gasteiger partial charge in [0.15, 0.2) is 0 Å². The van der Waals surface area contributed by atoms with Gasteiger partial charge in [0.1, 0.15) is 5.75 Å². The lowest BCUT2D eigenvalue weighted by atomic mass is 10.1. The van der Waals surface area contributed by atoms with E-state index in [0.717, 1.165) is 34.9 Å². The minimum absolute atomic E-state index is 0.0476. The highest BCUT2D eigenvalue weighted by molar-refractivity contribution is 5.92. The molecule has 0 aliphatic carbocycles. The Balaban J connectivity index is 2.09. The van der Waals surface area contributed by atoms with Crippen molar-refractivity contribution >= 4 is 11.6 Å². The fourth-order valence-electron chi connectivity index (χ4n) is 2.58. The summed E-state index contributed by atoms with van der Waals surface area (Å²) in [7, 11) is 1.61. The summed E-state index contributed by atoms with van der Waals surface area (Å²) in [6, 6.07) is 7.35. The number of amides is 1. The molecule has 0 bridgehead atoms. The first-order valence-electron chi connectivity index (χ1n) is 7.87. The third-order valence-electron chi connectivity index (χ3n) is 3.76. The van der Waals surface area contributed by atoms with Gasteiger partial charge in [-0.1, -0.05) is 19.9 Å². The zero-order chi connectivity index (χ0) is 17.0. The first kappa shape index (κ1) is 17.1. The van der Waals surface area contributed by atoms with Gasteiger partial charge in [0, 0.05) is 29.6 Å². The maximum atomic E-state index is 12.3. The van der Waals surface area contributed by atoms with Crippen molar-refractivity contribution in [2.45, 2.75) is 40.7 Å². The summed E-state index contributed by atoms with van der Waals surface area (Å²) in [5.74, 6) is 1.19. The van der Waals surface area contributed by atoms with Gasteiger partial charge in [-0.25, -0.2) is 0 Å². The lowest BCUT2D eigenvalue weighted by Crippen LogP contribution is -2.15. The Morgan fingerprint density at radius 2 is 2.09 bits per heavy atom. The maximum absolute atomic E-state index is 12.3. The van der Waals surface area contributed by atoms with Gasteiger partial charge in [0.2, 0.25) is 5.91 Å². The van der Waals surface area contributed by atoms with E-state index in [1.54, 1.807) is 13.2 Å². The summed E-state index contributed by atoms with van der Waals surface area (Å²) >= 11 is 0. The molecule has 124 valence electrons. The quantitative estimate of drug-likeness (QED) is 0.889. The summed E-state index contributed by atoms with van der Waals surface area (Å²) in [6.45, 7) is 9.16. The third-order valence-corrected chi connectivity index (χ3v) is 3.76. The molecule has 0 aliphatic heterocycles. The predicted octanol–water partition coefficient (Wildman–Crippen LogP) is 3.35. The summed E-state index contributed by atoms with van der Waals surface area (Å²) < 4.78 is 7.16. The molecule has 5 heteroatoms. The lowest BCUT2D eigenvalue weighted by molar-refractivity contribution is -0.115. The van der Waals surface area contributed by atoms with E-state index in [-0.39, 0.29) is 5.91 Å². The first-order chi connectivity index (χ1) is 10.9. The predicted molar refractivity (Wildman–Crippen MR) is 91.9 cm³/mol. The molecule has 1 N–H and O–H groups in total. The molecule has 5 nitrogen and oxygen atoms in total. The molecule has 0 saturated carbocycles. The molecular formula is C18H25N3O2. The average Bonchev–Trinajstić information content (AvgIpc) is 2.74. The molecule has 0 unspecified atom stereocenters. The number of aryl methyl sites for hydroxylation is 1. The van der Waals surface area contributed by atoms with Crippen molar-refractivity contribution in [1.29, 1.82) is 0 Å². The fourth-order valence-corrected chi connectivity index (χ4v) is 2.58. The minimum atomic E-state index is -0.0476. The van der Waals surface area contributed by atoms with Crippen molar-refractivity contribution in [2.24, 2.45) is 5.92 Å². The molecule has 1 heterocycles. The van der Waals surface area contributed by atoms with Gasteiger partial charge in [0.05, 0.1) is 19.2 Å². The van der Waals surface area contributed by atoms with E-state index in [0.29, 0.717) is 12.3 Å². The normalized spacial score (nSPS) is 10.9. The SMILES string of the molecule is COc1cccc(NC(=O)Cc2c(C)nn(CC(C)C)c2C)c1. The number of carbonyl (C=O) groups excluding carboxylic acids is 1. The van der Waals surface area contributed by atoms with Crippen LogP contribution in [0.15, 0.2) is 24.3 Å². The molecule has 0 atom stereocenters. The number of nitrogens with zero attached hydrogens (tertiary/aromatic N) is 2. The van der Waals surface area contributed by atoms with Gasteiger partial charge in [-0.2, -0.15) is 5.10 Å². The second-order valence-corrected chi connectivity index (χ2v) is 6.18.